The first kappa shape index (κ1) is 26.8. The Morgan fingerprint density at radius 1 is 0.559 bits per heavy atom. The molecule has 1 heterocycles. The number of imidazole rings is 1. The van der Waals surface area contributed by atoms with E-state index >= 15 is 0 Å². The molecule has 0 aliphatic heterocycles. The Morgan fingerprint density at radius 3 is 1.09 bits per heavy atom. The van der Waals surface area contributed by atoms with E-state index in [4.69, 9.17) is 0 Å². The highest BCUT2D eigenvalue weighted by atomic mass is 31.3. The number of rotatable bonds is 7. The van der Waals surface area contributed by atoms with E-state index in [2.05, 4.69) is 133 Å². The second-order valence-corrected chi connectivity index (χ2v) is 21.5. The maximum Gasteiger partial charge on any atom is 0.139 e. The Balaban J connectivity index is 2.52. The molecular formula is C30H45N2PSi. The fourth-order valence-corrected chi connectivity index (χ4v) is 8.31. The van der Waals surface area contributed by atoms with Crippen molar-refractivity contribution in [2.75, 3.05) is 0 Å². The van der Waals surface area contributed by atoms with Gasteiger partial charge in [-0.05, 0) is 45.9 Å². The van der Waals surface area contributed by atoms with Crippen LogP contribution in [0.2, 0.25) is 19.6 Å². The average molecular weight is 493 g/mol. The van der Waals surface area contributed by atoms with Crippen molar-refractivity contribution >= 4 is 15.5 Å². The summed E-state index contributed by atoms with van der Waals surface area (Å²) in [6, 6.07) is 13.8. The lowest BCUT2D eigenvalue weighted by atomic mass is 9.92. The highest BCUT2D eigenvalue weighted by Crippen LogP contribution is 2.37. The average Bonchev–Trinajstić information content (AvgIpc) is 3.13. The molecule has 0 saturated carbocycles. The Morgan fingerprint density at radius 2 is 0.853 bits per heavy atom. The number of benzene rings is 2. The molecule has 0 fully saturated rings. The van der Waals surface area contributed by atoms with Gasteiger partial charge in [-0.2, -0.15) is 0 Å². The van der Waals surface area contributed by atoms with Gasteiger partial charge in [-0.1, -0.05) is 119 Å². The van der Waals surface area contributed by atoms with E-state index in [9.17, 15) is 0 Å². The zero-order valence-corrected chi connectivity index (χ0v) is 25.2. The van der Waals surface area contributed by atoms with Gasteiger partial charge in [0.15, 0.2) is 0 Å². The minimum Gasteiger partial charge on any atom is -0.298 e. The molecule has 0 N–H and O–H groups in total. The van der Waals surface area contributed by atoms with Crippen LogP contribution in [0.25, 0.3) is 11.4 Å². The van der Waals surface area contributed by atoms with E-state index in [1.54, 1.807) is 0 Å². The van der Waals surface area contributed by atoms with Gasteiger partial charge < -0.3 is 0 Å². The molecule has 34 heavy (non-hydrogen) atoms. The van der Waals surface area contributed by atoms with Crippen LogP contribution in [0.3, 0.4) is 0 Å². The van der Waals surface area contributed by atoms with Crippen molar-refractivity contribution in [1.29, 1.82) is 0 Å². The second-order valence-electron chi connectivity index (χ2n) is 11.8. The molecule has 1 aromatic heterocycles. The molecule has 0 radical (unpaired) electrons. The Hall–Kier alpha value is -1.83. The normalized spacial score (nSPS) is 12.7. The van der Waals surface area contributed by atoms with Gasteiger partial charge >= 0.3 is 0 Å². The topological polar surface area (TPSA) is 9.86 Å². The molecule has 3 aromatic rings. The van der Waals surface area contributed by atoms with Crippen molar-refractivity contribution < 1.29 is 0 Å². The van der Waals surface area contributed by atoms with Crippen LogP contribution in [0, 0.1) is 5.20 Å². The summed E-state index contributed by atoms with van der Waals surface area (Å²) >= 11 is 0. The van der Waals surface area contributed by atoms with Crippen LogP contribution in [0.5, 0.6) is 0 Å². The molecule has 0 aliphatic carbocycles. The van der Waals surface area contributed by atoms with Crippen LogP contribution in [0.4, 0.5) is 0 Å². The summed E-state index contributed by atoms with van der Waals surface area (Å²) in [5, 5.41) is 1.39. The minimum absolute atomic E-state index is 0.468. The van der Waals surface area contributed by atoms with Crippen LogP contribution in [-0.4, -0.2) is 16.9 Å². The third-order valence-electron chi connectivity index (χ3n) is 6.40. The molecule has 0 atom stereocenters. The Bertz CT molecular complexity index is 1070. The van der Waals surface area contributed by atoms with Gasteiger partial charge in [0.2, 0.25) is 0 Å². The largest absolute Gasteiger partial charge is 0.298 e. The lowest BCUT2D eigenvalue weighted by Gasteiger charge is -2.23. The van der Waals surface area contributed by atoms with Gasteiger partial charge in [0, 0.05) is 12.4 Å². The fourth-order valence-electron chi connectivity index (χ4n) is 4.72. The van der Waals surface area contributed by atoms with Gasteiger partial charge in [-0.25, -0.2) is 0 Å². The molecular weight excluding hydrogens is 447 g/mol. The highest BCUT2D eigenvalue weighted by molar-refractivity contribution is 7.75. The summed E-state index contributed by atoms with van der Waals surface area (Å²) in [5.74, 6) is 1.87. The van der Waals surface area contributed by atoms with Gasteiger partial charge in [-0.15, -0.1) is 0 Å². The standard InChI is InChI=1S/C30H45N2PSi/c1-20(2)24-14-12-15-25(21(3)4)28(24)31-18-19-32(30(31)33-34(9,10)11)29-26(22(5)6)16-13-17-27(29)23(7)8/h12-23H,1-11H3. The van der Waals surface area contributed by atoms with Crippen molar-refractivity contribution in [2.45, 2.75) is 98.7 Å². The maximum atomic E-state index is 2.53. The molecule has 3 rings (SSSR count). The van der Waals surface area contributed by atoms with Crippen molar-refractivity contribution in [2.24, 2.45) is 0 Å². The summed E-state index contributed by atoms with van der Waals surface area (Å²) in [5.41, 5.74) is 8.51. The van der Waals surface area contributed by atoms with Crippen molar-refractivity contribution in [1.82, 2.24) is 9.13 Å². The summed E-state index contributed by atoms with van der Waals surface area (Å²) in [7, 11) is 0.0161. The predicted octanol–water partition coefficient (Wildman–Crippen LogP) is 10.1. The molecule has 0 amide bonds. The molecule has 2 aromatic carbocycles. The number of para-hydroxylation sites is 2. The van der Waals surface area contributed by atoms with Gasteiger partial charge in [0.1, 0.15) is 12.9 Å². The number of nitrogens with zero attached hydrogens (tertiary/aromatic N) is 2. The van der Waals surface area contributed by atoms with Gasteiger partial charge in [0.05, 0.1) is 11.4 Å². The summed E-state index contributed by atoms with van der Waals surface area (Å²) in [4.78, 5) is 0. The van der Waals surface area contributed by atoms with Crippen LogP contribution >= 0.6 is 7.75 Å². The van der Waals surface area contributed by atoms with E-state index in [0.29, 0.717) is 23.7 Å². The van der Waals surface area contributed by atoms with E-state index in [1.807, 2.05) is 0 Å². The van der Waals surface area contributed by atoms with Crippen molar-refractivity contribution in [3.8, 4) is 11.4 Å². The molecule has 2 nitrogen and oxygen atoms in total. The molecule has 0 saturated heterocycles. The van der Waals surface area contributed by atoms with E-state index < -0.39 is 7.74 Å². The highest BCUT2D eigenvalue weighted by Gasteiger charge is 2.22. The molecule has 4 heteroatoms. The fraction of sp³-hybridized carbons (Fsp3) is 0.500. The van der Waals surface area contributed by atoms with E-state index in [-0.39, 0.29) is 0 Å². The first-order chi connectivity index (χ1) is 15.8. The zero-order valence-electron chi connectivity index (χ0n) is 23.3. The van der Waals surface area contributed by atoms with Crippen molar-refractivity contribution in [3.05, 3.63) is 76.2 Å². The van der Waals surface area contributed by atoms with Gasteiger partial charge in [-0.3, -0.25) is 9.13 Å². The van der Waals surface area contributed by atoms with Crippen LogP contribution in [0.1, 0.15) is 101 Å². The van der Waals surface area contributed by atoms with Crippen molar-refractivity contribution in [3.63, 3.8) is 0 Å². The van der Waals surface area contributed by atoms with E-state index in [0.717, 1.165) is 0 Å². The van der Waals surface area contributed by atoms with Gasteiger partial charge in [0.25, 0.3) is 0 Å². The van der Waals surface area contributed by atoms with Crippen LogP contribution in [0.15, 0.2) is 48.8 Å². The third-order valence-corrected chi connectivity index (χ3v) is 10.3. The number of hydrogen-bond acceptors (Lipinski definition) is 0. The summed E-state index contributed by atoms with van der Waals surface area (Å²) in [6.07, 6.45) is 4.66. The SMILES string of the molecule is CC(C)c1cccc(C(C)C)c1-n1ccn(-c2c(C(C)C)cccc2C(C)C)c1=P[Si](C)(C)C. The van der Waals surface area contributed by atoms with E-state index in [1.165, 1.54) is 46.6 Å². The zero-order chi connectivity index (χ0) is 25.4. The second kappa shape index (κ2) is 10.4. The molecule has 184 valence electrons. The van der Waals surface area contributed by atoms with Crippen LogP contribution in [-0.2, 0) is 0 Å². The number of hydrogen-bond donors (Lipinski definition) is 0. The molecule has 0 unspecified atom stereocenters. The lowest BCUT2D eigenvalue weighted by Crippen LogP contribution is -2.13. The first-order valence-electron chi connectivity index (χ1n) is 13.0. The lowest BCUT2D eigenvalue weighted by molar-refractivity contribution is 0.784. The number of aromatic nitrogens is 2. The van der Waals surface area contributed by atoms with Crippen LogP contribution < -0.4 is 0 Å². The molecule has 0 aliphatic rings. The Labute approximate surface area is 210 Å². The molecule has 0 spiro atoms. The minimum atomic E-state index is -1.44. The maximum absolute atomic E-state index is 2.53. The predicted molar refractivity (Wildman–Crippen MR) is 155 cm³/mol. The summed E-state index contributed by atoms with van der Waals surface area (Å²) in [6.45, 7) is 26.0. The quantitative estimate of drug-likeness (QED) is 0.229. The third kappa shape index (κ3) is 5.52. The Kier molecular flexibility index (Phi) is 8.20. The molecule has 0 bridgehead atoms. The summed E-state index contributed by atoms with van der Waals surface area (Å²) < 4.78 is 5.07. The monoisotopic (exact) mass is 492 g/mol. The smallest absolute Gasteiger partial charge is 0.139 e. The first-order valence-corrected chi connectivity index (χ1v) is 18.2.